The number of hydrogen-bond donors (Lipinski definition) is 0. The highest BCUT2D eigenvalue weighted by Crippen LogP contribution is 2.30. The number of cyclic esters (lactones) is 1. The number of rotatable bonds is 4. The molecule has 2 aromatic rings. The molecule has 0 aromatic heterocycles. The molecule has 182 valence electrons. The largest absolute Gasteiger partial charge is 0.495 e. The molecule has 0 unspecified atom stereocenters. The van der Waals surface area contributed by atoms with Crippen LogP contribution in [0.1, 0.15) is 38.7 Å². The molecule has 9 heteroatoms. The third-order valence-electron chi connectivity index (χ3n) is 7.00. The molecule has 2 atom stereocenters. The van der Waals surface area contributed by atoms with Crippen LogP contribution in [0.4, 0.5) is 4.39 Å². The van der Waals surface area contributed by atoms with Gasteiger partial charge in [0.1, 0.15) is 17.6 Å². The maximum Gasteiger partial charge on any atom is 0.338 e. The molecule has 35 heavy (non-hydrogen) atoms. The second-order valence-corrected chi connectivity index (χ2v) is 9.05. The quantitative estimate of drug-likeness (QED) is 0.621. The van der Waals surface area contributed by atoms with E-state index in [0.29, 0.717) is 51.4 Å². The number of nitrogens with zero attached hydrogens (tertiary/aromatic N) is 3. The van der Waals surface area contributed by atoms with Gasteiger partial charge in [-0.25, -0.2) is 9.18 Å². The smallest absolute Gasteiger partial charge is 0.338 e. The summed E-state index contributed by atoms with van der Waals surface area (Å²) in [5, 5.41) is 9.11. The van der Waals surface area contributed by atoms with Crippen molar-refractivity contribution in [3.05, 3.63) is 64.0 Å². The third-order valence-corrected chi connectivity index (χ3v) is 7.00. The average molecular weight is 480 g/mol. The van der Waals surface area contributed by atoms with Crippen LogP contribution >= 0.6 is 0 Å². The molecule has 0 radical (unpaired) electrons. The molecule has 0 spiro atoms. The fourth-order valence-corrected chi connectivity index (χ4v) is 5.03. The van der Waals surface area contributed by atoms with E-state index in [1.54, 1.807) is 4.90 Å². The summed E-state index contributed by atoms with van der Waals surface area (Å²) in [6.45, 7) is 3.35. The summed E-state index contributed by atoms with van der Waals surface area (Å²) in [7, 11) is 1.41. The van der Waals surface area contributed by atoms with Crippen LogP contribution in [0.2, 0.25) is 0 Å². The minimum atomic E-state index is -0.587. The highest BCUT2D eigenvalue weighted by Gasteiger charge is 2.36. The number of methoxy groups -OCH3 is 1. The van der Waals surface area contributed by atoms with Crippen molar-refractivity contribution in [3.8, 4) is 11.8 Å². The number of piperazine rings is 1. The van der Waals surface area contributed by atoms with Gasteiger partial charge in [0.25, 0.3) is 0 Å². The number of morpholine rings is 1. The van der Waals surface area contributed by atoms with Gasteiger partial charge >= 0.3 is 5.97 Å². The summed E-state index contributed by atoms with van der Waals surface area (Å²) in [4.78, 5) is 28.9. The number of amides is 1. The van der Waals surface area contributed by atoms with E-state index in [0.717, 1.165) is 17.2 Å². The van der Waals surface area contributed by atoms with E-state index in [1.807, 2.05) is 24.3 Å². The Labute approximate surface area is 202 Å². The lowest BCUT2D eigenvalue weighted by molar-refractivity contribution is -0.139. The van der Waals surface area contributed by atoms with Gasteiger partial charge in [0.05, 0.1) is 50.0 Å². The molecule has 2 aromatic carbocycles. The van der Waals surface area contributed by atoms with E-state index in [9.17, 15) is 14.0 Å². The van der Waals surface area contributed by atoms with Gasteiger partial charge in [-0.15, -0.1) is 0 Å². The Morgan fingerprint density at radius 1 is 1.26 bits per heavy atom. The van der Waals surface area contributed by atoms with Crippen molar-refractivity contribution in [2.24, 2.45) is 0 Å². The second kappa shape index (κ2) is 9.64. The van der Waals surface area contributed by atoms with Gasteiger partial charge in [0.2, 0.25) is 5.91 Å². The number of benzene rings is 2. The Bertz CT molecular complexity index is 1210. The van der Waals surface area contributed by atoms with Crippen LogP contribution in [0.25, 0.3) is 0 Å². The zero-order chi connectivity index (χ0) is 24.5. The number of esters is 1. The average Bonchev–Trinajstić information content (AvgIpc) is 2.88. The van der Waals surface area contributed by atoms with E-state index >= 15 is 0 Å². The number of carbonyl (C=O) groups is 2. The van der Waals surface area contributed by atoms with Crippen LogP contribution in [-0.2, 0) is 27.1 Å². The zero-order valence-electron chi connectivity index (χ0n) is 19.5. The molecule has 8 nitrogen and oxygen atoms in total. The molecule has 0 bridgehead atoms. The van der Waals surface area contributed by atoms with E-state index in [2.05, 4.69) is 4.90 Å². The lowest BCUT2D eigenvalue weighted by atomic mass is 9.96. The Morgan fingerprint density at radius 3 is 2.91 bits per heavy atom. The van der Waals surface area contributed by atoms with Gasteiger partial charge in [0, 0.05) is 38.2 Å². The first-order chi connectivity index (χ1) is 17.0. The molecule has 1 amide bonds. The van der Waals surface area contributed by atoms with Crippen molar-refractivity contribution in [3.63, 3.8) is 0 Å². The van der Waals surface area contributed by atoms with Gasteiger partial charge < -0.3 is 19.1 Å². The Kier molecular flexibility index (Phi) is 6.41. The lowest BCUT2D eigenvalue weighted by Crippen LogP contribution is -2.59. The summed E-state index contributed by atoms with van der Waals surface area (Å²) in [6.07, 6.45) is 0.510. The van der Waals surface area contributed by atoms with Gasteiger partial charge in [-0.2, -0.15) is 5.26 Å². The first-order valence-corrected chi connectivity index (χ1v) is 11.7. The highest BCUT2D eigenvalue weighted by molar-refractivity contribution is 5.92. The monoisotopic (exact) mass is 479 g/mol. The molecule has 0 saturated carbocycles. The predicted molar refractivity (Wildman–Crippen MR) is 122 cm³/mol. The van der Waals surface area contributed by atoms with E-state index in [4.69, 9.17) is 19.5 Å². The maximum atomic E-state index is 14.4. The first kappa shape index (κ1) is 23.3. The van der Waals surface area contributed by atoms with Gasteiger partial charge in [-0.05, 0) is 29.3 Å². The summed E-state index contributed by atoms with van der Waals surface area (Å²) in [5.41, 5.74) is 2.97. The topological polar surface area (TPSA) is 92.1 Å². The van der Waals surface area contributed by atoms with Gasteiger partial charge in [0.15, 0.2) is 0 Å². The summed E-state index contributed by atoms with van der Waals surface area (Å²) >= 11 is 0. The SMILES string of the molecule is COc1cc(CC(=O)N2CCN3C[C@@H](c4ccc5c(c4)CCOC5=O)OC[C@@H]3C2)c(F)cc1C#N. The lowest BCUT2D eigenvalue weighted by Gasteiger charge is -2.46. The van der Waals surface area contributed by atoms with E-state index in [-0.39, 0.29) is 47.3 Å². The molecular formula is C26H26FN3O5. The summed E-state index contributed by atoms with van der Waals surface area (Å²) < 4.78 is 30.9. The van der Waals surface area contributed by atoms with Crippen LogP contribution in [0, 0.1) is 17.1 Å². The van der Waals surface area contributed by atoms with E-state index in [1.165, 1.54) is 13.2 Å². The van der Waals surface area contributed by atoms with Crippen molar-refractivity contribution in [1.82, 2.24) is 9.80 Å². The summed E-state index contributed by atoms with van der Waals surface area (Å²) in [5.74, 6) is -0.773. The van der Waals surface area contributed by atoms with Crippen molar-refractivity contribution < 1.29 is 28.2 Å². The maximum absolute atomic E-state index is 14.4. The standard InChI is InChI=1S/C26H26FN3O5/c1-33-23-10-18(22(27)9-19(23)12-28)11-25(31)30-6-5-29-14-24(35-15-20(29)13-30)17-2-3-21-16(8-17)4-7-34-26(21)32/h2-3,8-10,20,24H,4-7,11,13-15H2,1H3/t20-,24-/m0/s1. The van der Waals surface area contributed by atoms with Crippen LogP contribution in [-0.4, -0.2) is 74.2 Å². The van der Waals surface area contributed by atoms with E-state index < -0.39 is 5.82 Å². The number of carbonyl (C=O) groups excluding carboxylic acids is 2. The number of hydrogen-bond acceptors (Lipinski definition) is 7. The molecular weight excluding hydrogens is 453 g/mol. The van der Waals surface area contributed by atoms with Crippen LogP contribution < -0.4 is 4.74 Å². The van der Waals surface area contributed by atoms with Crippen molar-refractivity contribution in [2.45, 2.75) is 25.0 Å². The van der Waals surface area contributed by atoms with Crippen LogP contribution in [0.5, 0.6) is 5.75 Å². The zero-order valence-corrected chi connectivity index (χ0v) is 19.5. The van der Waals surface area contributed by atoms with Crippen molar-refractivity contribution in [2.75, 3.05) is 46.5 Å². The number of nitriles is 1. The fraction of sp³-hybridized carbons (Fsp3) is 0.423. The molecule has 5 rings (SSSR count). The minimum Gasteiger partial charge on any atom is -0.495 e. The van der Waals surface area contributed by atoms with Crippen LogP contribution in [0.15, 0.2) is 30.3 Å². The van der Waals surface area contributed by atoms with Gasteiger partial charge in [-0.1, -0.05) is 12.1 Å². The molecule has 0 N–H and O–H groups in total. The number of halogens is 1. The molecule has 2 fully saturated rings. The second-order valence-electron chi connectivity index (χ2n) is 9.05. The molecule has 3 aliphatic heterocycles. The van der Waals surface area contributed by atoms with Gasteiger partial charge in [-0.3, -0.25) is 9.69 Å². The highest BCUT2D eigenvalue weighted by atomic mass is 19.1. The normalized spacial score (nSPS) is 22.0. The number of fused-ring (bicyclic) bond motifs is 2. The molecule has 2 saturated heterocycles. The van der Waals surface area contributed by atoms with Crippen LogP contribution in [0.3, 0.4) is 0 Å². The Morgan fingerprint density at radius 2 is 2.11 bits per heavy atom. The van der Waals surface area contributed by atoms with Crippen molar-refractivity contribution >= 4 is 11.9 Å². The molecule has 3 heterocycles. The fourth-order valence-electron chi connectivity index (χ4n) is 5.03. The minimum absolute atomic E-state index is 0.0666. The predicted octanol–water partition coefficient (Wildman–Crippen LogP) is 2.25. The Hall–Kier alpha value is -3.48. The van der Waals surface area contributed by atoms with Crippen molar-refractivity contribution in [1.29, 1.82) is 5.26 Å². The third kappa shape index (κ3) is 4.59. The number of ether oxygens (including phenoxy) is 3. The molecule has 3 aliphatic rings. The first-order valence-electron chi connectivity index (χ1n) is 11.7. The summed E-state index contributed by atoms with van der Waals surface area (Å²) in [6, 6.07) is 10.3. The molecule has 0 aliphatic carbocycles. The Balaban J connectivity index is 1.21.